The van der Waals surface area contributed by atoms with Gasteiger partial charge in [0.05, 0.1) is 0 Å². The highest BCUT2D eigenvalue weighted by Gasteiger charge is 1.99. The molecule has 1 atom stereocenters. The van der Waals surface area contributed by atoms with Gasteiger partial charge in [-0.3, -0.25) is 0 Å². The standard InChI is InChI=1S/C18H27N/c1-7-9-13-16(3)14-10-11-15-18(5)19(6)17(4)12-8-2/h7-12,14-16H,4-5,13H2,1-3,6H3/b9-7-,12-8-,14-10-,15-11-. The summed E-state index contributed by atoms with van der Waals surface area (Å²) in [7, 11) is 1.97. The lowest BCUT2D eigenvalue weighted by atomic mass is 10.1. The van der Waals surface area contributed by atoms with E-state index in [0.717, 1.165) is 17.8 Å². The van der Waals surface area contributed by atoms with Crippen molar-refractivity contribution in [2.45, 2.75) is 27.2 Å². The summed E-state index contributed by atoms with van der Waals surface area (Å²) in [5.41, 5.74) is 1.86. The molecule has 1 unspecified atom stereocenters. The third-order valence-electron chi connectivity index (χ3n) is 2.80. The third kappa shape index (κ3) is 8.04. The maximum absolute atomic E-state index is 4.02. The van der Waals surface area contributed by atoms with Crippen LogP contribution in [0.15, 0.2) is 73.2 Å². The quantitative estimate of drug-likeness (QED) is 0.425. The van der Waals surface area contributed by atoms with E-state index in [-0.39, 0.29) is 0 Å². The molecule has 0 spiro atoms. The Morgan fingerprint density at radius 3 is 2.26 bits per heavy atom. The molecule has 1 nitrogen and oxygen atoms in total. The number of rotatable bonds is 8. The maximum Gasteiger partial charge on any atom is 0.0334 e. The number of allylic oxidation sites excluding steroid dienone is 8. The Kier molecular flexibility index (Phi) is 9.25. The van der Waals surface area contributed by atoms with Crippen LogP contribution in [0, 0.1) is 5.92 Å². The average Bonchev–Trinajstić information content (AvgIpc) is 2.40. The monoisotopic (exact) mass is 257 g/mol. The van der Waals surface area contributed by atoms with Crippen molar-refractivity contribution < 1.29 is 0 Å². The van der Waals surface area contributed by atoms with Crippen molar-refractivity contribution in [1.29, 1.82) is 0 Å². The summed E-state index contributed by atoms with van der Waals surface area (Å²) in [5.74, 6) is 0.560. The highest BCUT2D eigenvalue weighted by atomic mass is 15.1. The minimum atomic E-state index is 0.560. The van der Waals surface area contributed by atoms with Crippen molar-refractivity contribution in [2.75, 3.05) is 7.05 Å². The molecule has 0 fully saturated rings. The van der Waals surface area contributed by atoms with E-state index in [1.807, 2.05) is 50.1 Å². The molecule has 0 bridgehead atoms. The fraction of sp³-hybridized carbons (Fsp3) is 0.333. The molecule has 0 heterocycles. The third-order valence-corrected chi connectivity index (χ3v) is 2.80. The Morgan fingerprint density at radius 1 is 1.05 bits per heavy atom. The summed E-state index contributed by atoms with van der Waals surface area (Å²) < 4.78 is 0. The molecule has 0 aliphatic rings. The molecule has 0 saturated heterocycles. The van der Waals surface area contributed by atoms with E-state index >= 15 is 0 Å². The molecule has 19 heavy (non-hydrogen) atoms. The highest BCUT2D eigenvalue weighted by Crippen LogP contribution is 2.10. The van der Waals surface area contributed by atoms with Crippen LogP contribution in [0.5, 0.6) is 0 Å². The Hall–Kier alpha value is -1.76. The first-order valence-electron chi connectivity index (χ1n) is 6.73. The van der Waals surface area contributed by atoms with E-state index in [0.29, 0.717) is 5.92 Å². The second-order valence-electron chi connectivity index (χ2n) is 4.57. The number of likely N-dealkylation sites (N-methyl/N-ethyl adjacent to an activating group) is 1. The smallest absolute Gasteiger partial charge is 0.0334 e. The first-order valence-corrected chi connectivity index (χ1v) is 6.73. The Balaban J connectivity index is 4.29. The largest absolute Gasteiger partial charge is 0.346 e. The van der Waals surface area contributed by atoms with Gasteiger partial charge in [-0.05, 0) is 38.3 Å². The van der Waals surface area contributed by atoms with Crippen LogP contribution >= 0.6 is 0 Å². The lowest BCUT2D eigenvalue weighted by Gasteiger charge is -2.19. The fourth-order valence-corrected chi connectivity index (χ4v) is 1.45. The van der Waals surface area contributed by atoms with Gasteiger partial charge in [0.1, 0.15) is 0 Å². The van der Waals surface area contributed by atoms with E-state index in [2.05, 4.69) is 44.4 Å². The van der Waals surface area contributed by atoms with Gasteiger partial charge >= 0.3 is 0 Å². The van der Waals surface area contributed by atoms with Gasteiger partial charge in [0, 0.05) is 18.4 Å². The van der Waals surface area contributed by atoms with Crippen LogP contribution < -0.4 is 0 Å². The van der Waals surface area contributed by atoms with Gasteiger partial charge < -0.3 is 4.90 Å². The predicted molar refractivity (Wildman–Crippen MR) is 87.7 cm³/mol. The molecular formula is C18H27N. The maximum atomic E-state index is 4.02. The Labute approximate surface area is 119 Å². The normalized spacial score (nSPS) is 13.9. The summed E-state index contributed by atoms with van der Waals surface area (Å²) in [6.45, 7) is 14.2. The van der Waals surface area contributed by atoms with Gasteiger partial charge in [0.2, 0.25) is 0 Å². The minimum absolute atomic E-state index is 0.560. The molecule has 0 radical (unpaired) electrons. The number of hydrogen-bond acceptors (Lipinski definition) is 1. The first-order chi connectivity index (χ1) is 9.02. The number of hydrogen-bond donors (Lipinski definition) is 0. The van der Waals surface area contributed by atoms with Crippen LogP contribution in [-0.2, 0) is 0 Å². The van der Waals surface area contributed by atoms with Crippen molar-refractivity contribution in [2.24, 2.45) is 5.92 Å². The van der Waals surface area contributed by atoms with Crippen LogP contribution in [0.3, 0.4) is 0 Å². The van der Waals surface area contributed by atoms with Crippen LogP contribution in [0.25, 0.3) is 0 Å². The molecule has 0 aliphatic heterocycles. The molecule has 0 aliphatic carbocycles. The first kappa shape index (κ1) is 17.2. The highest BCUT2D eigenvalue weighted by molar-refractivity contribution is 5.25. The molecule has 0 amide bonds. The molecule has 0 N–H and O–H groups in total. The Morgan fingerprint density at radius 2 is 1.68 bits per heavy atom. The molecule has 104 valence electrons. The molecule has 0 aromatic carbocycles. The topological polar surface area (TPSA) is 3.24 Å². The summed E-state index contributed by atoms with van der Waals surface area (Å²) >= 11 is 0. The molecular weight excluding hydrogens is 230 g/mol. The lowest BCUT2D eigenvalue weighted by molar-refractivity contribution is 0.559. The summed E-state index contributed by atoms with van der Waals surface area (Å²) in [5, 5.41) is 0. The van der Waals surface area contributed by atoms with Crippen molar-refractivity contribution >= 4 is 0 Å². The molecule has 0 aromatic heterocycles. The summed E-state index contributed by atoms with van der Waals surface area (Å²) in [4.78, 5) is 1.97. The summed E-state index contributed by atoms with van der Waals surface area (Å²) in [6.07, 6.45) is 17.6. The number of nitrogens with zero attached hydrogens (tertiary/aromatic N) is 1. The zero-order chi connectivity index (χ0) is 14.7. The SMILES string of the molecule is C=C(/C=C\C)N(C)C(=C)/C=C\C=C/C(C)C/C=C\C. The minimum Gasteiger partial charge on any atom is -0.346 e. The van der Waals surface area contributed by atoms with Gasteiger partial charge in [-0.15, -0.1) is 0 Å². The zero-order valence-corrected chi connectivity index (χ0v) is 12.8. The van der Waals surface area contributed by atoms with Crippen molar-refractivity contribution in [3.8, 4) is 0 Å². The average molecular weight is 257 g/mol. The van der Waals surface area contributed by atoms with Gasteiger partial charge in [-0.1, -0.05) is 56.5 Å². The van der Waals surface area contributed by atoms with Crippen molar-refractivity contribution in [1.82, 2.24) is 4.90 Å². The van der Waals surface area contributed by atoms with Gasteiger partial charge in [-0.25, -0.2) is 0 Å². The van der Waals surface area contributed by atoms with Gasteiger partial charge in [0.15, 0.2) is 0 Å². The van der Waals surface area contributed by atoms with Crippen molar-refractivity contribution in [3.05, 3.63) is 73.2 Å². The van der Waals surface area contributed by atoms with E-state index in [4.69, 9.17) is 0 Å². The van der Waals surface area contributed by atoms with Crippen LogP contribution in [0.2, 0.25) is 0 Å². The Bertz CT molecular complexity index is 394. The van der Waals surface area contributed by atoms with E-state index in [9.17, 15) is 0 Å². The van der Waals surface area contributed by atoms with Gasteiger partial charge in [0.25, 0.3) is 0 Å². The van der Waals surface area contributed by atoms with Gasteiger partial charge in [-0.2, -0.15) is 0 Å². The summed E-state index contributed by atoms with van der Waals surface area (Å²) in [6, 6.07) is 0. The fourth-order valence-electron chi connectivity index (χ4n) is 1.45. The molecule has 0 rings (SSSR count). The molecule has 0 aromatic rings. The predicted octanol–water partition coefficient (Wildman–Crippen LogP) is 5.24. The molecule has 1 heteroatoms. The van der Waals surface area contributed by atoms with Crippen molar-refractivity contribution in [3.63, 3.8) is 0 Å². The second-order valence-corrected chi connectivity index (χ2v) is 4.57. The van der Waals surface area contributed by atoms with E-state index in [1.54, 1.807) is 0 Å². The van der Waals surface area contributed by atoms with Crippen LogP contribution in [0.4, 0.5) is 0 Å². The van der Waals surface area contributed by atoms with E-state index in [1.165, 1.54) is 0 Å². The van der Waals surface area contributed by atoms with Crippen LogP contribution in [-0.4, -0.2) is 11.9 Å². The lowest BCUT2D eigenvalue weighted by Crippen LogP contribution is -2.12. The zero-order valence-electron chi connectivity index (χ0n) is 12.8. The van der Waals surface area contributed by atoms with Crippen LogP contribution in [0.1, 0.15) is 27.2 Å². The molecule has 0 saturated carbocycles. The second kappa shape index (κ2) is 10.2. The van der Waals surface area contributed by atoms with E-state index < -0.39 is 0 Å².